The summed E-state index contributed by atoms with van der Waals surface area (Å²) in [6.07, 6.45) is 4.52. The first kappa shape index (κ1) is 11.6. The van der Waals surface area contributed by atoms with E-state index in [0.29, 0.717) is 6.54 Å². The number of hydrogen-bond acceptors (Lipinski definition) is 3. The first-order valence-corrected chi connectivity index (χ1v) is 7.11. The molecule has 90 valence electrons. The zero-order valence-electron chi connectivity index (χ0n) is 9.07. The van der Waals surface area contributed by atoms with Crippen molar-refractivity contribution in [2.45, 2.75) is 13.0 Å². The van der Waals surface area contributed by atoms with Crippen molar-refractivity contribution in [1.82, 2.24) is 15.0 Å². The fraction of sp³-hybridized carbons (Fsp3) is 0.600. The van der Waals surface area contributed by atoms with Crippen LogP contribution in [0.2, 0.25) is 0 Å². The second kappa shape index (κ2) is 4.99. The van der Waals surface area contributed by atoms with Crippen LogP contribution in [-0.2, 0) is 16.6 Å². The highest BCUT2D eigenvalue weighted by Gasteiger charge is 2.21. The average Bonchev–Trinajstić information content (AvgIpc) is 2.85. The quantitative estimate of drug-likeness (QED) is 0.684. The summed E-state index contributed by atoms with van der Waals surface area (Å²) in [7, 11) is -3.14. The minimum absolute atomic E-state index is 0.227. The Morgan fingerprint density at radius 3 is 3.00 bits per heavy atom. The number of sulfonamides is 1. The Balaban J connectivity index is 1.82. The second-order valence-corrected chi connectivity index (χ2v) is 6.03. The molecule has 0 radical (unpaired) electrons. The molecule has 6 heteroatoms. The van der Waals surface area contributed by atoms with Crippen LogP contribution < -0.4 is 10.0 Å². The Labute approximate surface area is 95.7 Å². The van der Waals surface area contributed by atoms with E-state index in [1.165, 1.54) is 0 Å². The minimum Gasteiger partial charge on any atom is -0.367 e. The molecule has 1 saturated heterocycles. The van der Waals surface area contributed by atoms with Crippen LogP contribution in [0.5, 0.6) is 0 Å². The Morgan fingerprint density at radius 1 is 1.50 bits per heavy atom. The SMILES string of the molecule is O=S(=O)(CC1CCNC1)NCc1cc[nH]c1. The second-order valence-electron chi connectivity index (χ2n) is 4.18. The fourth-order valence-corrected chi connectivity index (χ4v) is 3.30. The standard InChI is InChI=1S/C10H17N3O2S/c14-16(15,8-10-2-4-12-6-10)13-7-9-1-3-11-5-9/h1,3,5,10-13H,2,4,6-8H2. The Kier molecular flexibility index (Phi) is 3.63. The third kappa shape index (κ3) is 3.33. The van der Waals surface area contributed by atoms with Crippen molar-refractivity contribution < 1.29 is 8.42 Å². The summed E-state index contributed by atoms with van der Waals surface area (Å²) in [5, 5.41) is 3.17. The van der Waals surface area contributed by atoms with Gasteiger partial charge in [0, 0.05) is 18.9 Å². The van der Waals surface area contributed by atoms with Gasteiger partial charge in [-0.2, -0.15) is 0 Å². The molecule has 1 fully saturated rings. The van der Waals surface area contributed by atoms with Crippen LogP contribution in [0.4, 0.5) is 0 Å². The van der Waals surface area contributed by atoms with Gasteiger partial charge in [-0.1, -0.05) is 0 Å². The molecule has 3 N–H and O–H groups in total. The topological polar surface area (TPSA) is 74.0 Å². The Morgan fingerprint density at radius 2 is 2.38 bits per heavy atom. The normalized spacial score (nSPS) is 21.4. The van der Waals surface area contributed by atoms with Crippen molar-refractivity contribution in [3.8, 4) is 0 Å². The van der Waals surface area contributed by atoms with Gasteiger partial charge in [0.2, 0.25) is 10.0 Å². The predicted octanol–water partition coefficient (Wildman–Crippen LogP) is 0.0436. The molecule has 1 aliphatic heterocycles. The molecule has 2 heterocycles. The summed E-state index contributed by atoms with van der Waals surface area (Å²) in [5.41, 5.74) is 0.952. The average molecular weight is 243 g/mol. The maximum absolute atomic E-state index is 11.7. The van der Waals surface area contributed by atoms with E-state index < -0.39 is 10.0 Å². The molecule has 0 aromatic carbocycles. The highest BCUT2D eigenvalue weighted by Crippen LogP contribution is 2.10. The van der Waals surface area contributed by atoms with E-state index in [1.54, 1.807) is 12.4 Å². The van der Waals surface area contributed by atoms with Gasteiger partial charge in [-0.05, 0) is 37.1 Å². The van der Waals surface area contributed by atoms with Crippen LogP contribution in [0.25, 0.3) is 0 Å². The van der Waals surface area contributed by atoms with Crippen LogP contribution >= 0.6 is 0 Å². The molecule has 0 aliphatic carbocycles. The van der Waals surface area contributed by atoms with E-state index in [1.807, 2.05) is 6.07 Å². The molecule has 0 bridgehead atoms. The van der Waals surface area contributed by atoms with Crippen molar-refractivity contribution >= 4 is 10.0 Å². The smallest absolute Gasteiger partial charge is 0.212 e. The van der Waals surface area contributed by atoms with Gasteiger partial charge in [0.15, 0.2) is 0 Å². The van der Waals surface area contributed by atoms with E-state index in [4.69, 9.17) is 0 Å². The third-order valence-corrected chi connectivity index (χ3v) is 4.27. The van der Waals surface area contributed by atoms with Gasteiger partial charge < -0.3 is 10.3 Å². The van der Waals surface area contributed by atoms with Gasteiger partial charge in [0.05, 0.1) is 5.75 Å². The highest BCUT2D eigenvalue weighted by molar-refractivity contribution is 7.89. The molecule has 1 aromatic rings. The fourth-order valence-electron chi connectivity index (χ4n) is 1.89. The van der Waals surface area contributed by atoms with Crippen LogP contribution in [-0.4, -0.2) is 32.2 Å². The van der Waals surface area contributed by atoms with Crippen molar-refractivity contribution in [2.24, 2.45) is 5.92 Å². The lowest BCUT2D eigenvalue weighted by molar-refractivity contribution is 0.557. The van der Waals surface area contributed by atoms with Gasteiger partial charge in [-0.15, -0.1) is 0 Å². The molecule has 0 amide bonds. The number of hydrogen-bond donors (Lipinski definition) is 3. The summed E-state index contributed by atoms with van der Waals surface area (Å²) >= 11 is 0. The molecule has 0 spiro atoms. The zero-order valence-corrected chi connectivity index (χ0v) is 9.89. The number of aromatic nitrogens is 1. The monoisotopic (exact) mass is 243 g/mol. The third-order valence-electron chi connectivity index (χ3n) is 2.78. The summed E-state index contributed by atoms with van der Waals surface area (Å²) in [4.78, 5) is 2.89. The molecule has 1 aliphatic rings. The van der Waals surface area contributed by atoms with Crippen LogP contribution in [0.15, 0.2) is 18.5 Å². The lowest BCUT2D eigenvalue weighted by Crippen LogP contribution is -2.30. The van der Waals surface area contributed by atoms with Crippen LogP contribution in [0.3, 0.4) is 0 Å². The van der Waals surface area contributed by atoms with Gasteiger partial charge in [-0.25, -0.2) is 13.1 Å². The molecule has 16 heavy (non-hydrogen) atoms. The van der Waals surface area contributed by atoms with Gasteiger partial charge in [-0.3, -0.25) is 0 Å². The van der Waals surface area contributed by atoms with E-state index in [9.17, 15) is 8.42 Å². The number of nitrogens with one attached hydrogen (secondary N) is 3. The van der Waals surface area contributed by atoms with E-state index in [0.717, 1.165) is 25.1 Å². The van der Waals surface area contributed by atoms with Crippen LogP contribution in [0.1, 0.15) is 12.0 Å². The molecule has 5 nitrogen and oxygen atoms in total. The zero-order chi connectivity index (χ0) is 11.4. The van der Waals surface area contributed by atoms with E-state index in [-0.39, 0.29) is 11.7 Å². The molecule has 1 unspecified atom stereocenters. The van der Waals surface area contributed by atoms with Gasteiger partial charge in [0.1, 0.15) is 0 Å². The summed E-state index contributed by atoms with van der Waals surface area (Å²) in [6.45, 7) is 2.11. The predicted molar refractivity (Wildman–Crippen MR) is 62.4 cm³/mol. The summed E-state index contributed by atoms with van der Waals surface area (Å²) in [5.74, 6) is 0.480. The van der Waals surface area contributed by atoms with Crippen molar-refractivity contribution in [3.05, 3.63) is 24.0 Å². The largest absolute Gasteiger partial charge is 0.367 e. The van der Waals surface area contributed by atoms with Crippen molar-refractivity contribution in [1.29, 1.82) is 0 Å². The number of H-pyrrole nitrogens is 1. The number of rotatable bonds is 5. The highest BCUT2D eigenvalue weighted by atomic mass is 32.2. The maximum Gasteiger partial charge on any atom is 0.212 e. The lowest BCUT2D eigenvalue weighted by Gasteiger charge is -2.09. The molecule has 1 aromatic heterocycles. The molecular weight excluding hydrogens is 226 g/mol. The van der Waals surface area contributed by atoms with Crippen molar-refractivity contribution in [3.63, 3.8) is 0 Å². The van der Waals surface area contributed by atoms with Crippen molar-refractivity contribution in [2.75, 3.05) is 18.8 Å². The molecular formula is C10H17N3O2S. The first-order chi connectivity index (χ1) is 7.66. The van der Waals surface area contributed by atoms with Gasteiger partial charge >= 0.3 is 0 Å². The van der Waals surface area contributed by atoms with E-state index in [2.05, 4.69) is 15.0 Å². The first-order valence-electron chi connectivity index (χ1n) is 5.45. The number of aromatic amines is 1. The molecule has 0 saturated carbocycles. The lowest BCUT2D eigenvalue weighted by atomic mass is 10.2. The maximum atomic E-state index is 11.7. The van der Waals surface area contributed by atoms with E-state index >= 15 is 0 Å². The summed E-state index contributed by atoms with van der Waals surface area (Å²) in [6, 6.07) is 1.86. The molecule has 2 rings (SSSR count). The Hall–Kier alpha value is -0.850. The van der Waals surface area contributed by atoms with Crippen LogP contribution in [0, 0.1) is 5.92 Å². The van der Waals surface area contributed by atoms with Gasteiger partial charge in [0.25, 0.3) is 0 Å². The minimum atomic E-state index is -3.14. The Bertz CT molecular complexity index is 407. The summed E-state index contributed by atoms with van der Waals surface area (Å²) < 4.78 is 26.1. The molecule has 1 atom stereocenters.